The third kappa shape index (κ3) is 4.11. The van der Waals surface area contributed by atoms with E-state index in [1.165, 1.54) is 0 Å². The van der Waals surface area contributed by atoms with Crippen LogP contribution >= 0.6 is 0 Å². The molecule has 2 aromatic rings. The van der Waals surface area contributed by atoms with Crippen LogP contribution in [-0.4, -0.2) is 68.8 Å². The molecule has 168 valence electrons. The van der Waals surface area contributed by atoms with Crippen LogP contribution in [0.5, 0.6) is 17.2 Å². The first-order valence-electron chi connectivity index (χ1n) is 11.0. The Kier molecular flexibility index (Phi) is 5.87. The number of aryl methyl sites for hydroxylation is 1. The highest BCUT2D eigenvalue weighted by Crippen LogP contribution is 2.44. The van der Waals surface area contributed by atoms with Crippen molar-refractivity contribution < 1.29 is 23.7 Å². The molecule has 0 unspecified atom stereocenters. The molecule has 1 saturated heterocycles. The molecule has 1 fully saturated rings. The number of benzene rings is 2. The zero-order valence-corrected chi connectivity index (χ0v) is 18.6. The van der Waals surface area contributed by atoms with E-state index in [2.05, 4.69) is 9.80 Å². The number of morpholine rings is 1. The third-order valence-electron chi connectivity index (χ3n) is 6.22. The van der Waals surface area contributed by atoms with Gasteiger partial charge in [-0.3, -0.25) is 14.6 Å². The second-order valence-corrected chi connectivity index (χ2v) is 8.37. The van der Waals surface area contributed by atoms with Gasteiger partial charge in [-0.25, -0.2) is 0 Å². The molecule has 7 nitrogen and oxygen atoms in total. The topological polar surface area (TPSA) is 60.5 Å². The lowest BCUT2D eigenvalue weighted by molar-refractivity contribution is 0.0239. The van der Waals surface area contributed by atoms with Crippen LogP contribution in [0.25, 0.3) is 6.08 Å². The molecule has 3 aliphatic heterocycles. The summed E-state index contributed by atoms with van der Waals surface area (Å²) in [5.41, 5.74) is 3.31. The summed E-state index contributed by atoms with van der Waals surface area (Å²) < 4.78 is 22.9. The Morgan fingerprint density at radius 1 is 1.12 bits per heavy atom. The Morgan fingerprint density at radius 3 is 2.75 bits per heavy atom. The number of carbonyl (C=O) groups is 1. The Bertz CT molecular complexity index is 1060. The fourth-order valence-electron chi connectivity index (χ4n) is 4.41. The van der Waals surface area contributed by atoms with Gasteiger partial charge in [0.05, 0.1) is 31.5 Å². The van der Waals surface area contributed by atoms with E-state index in [0.717, 1.165) is 67.6 Å². The van der Waals surface area contributed by atoms with Crippen molar-refractivity contribution in [2.24, 2.45) is 0 Å². The van der Waals surface area contributed by atoms with E-state index in [1.807, 2.05) is 37.3 Å². The number of allylic oxidation sites excluding steroid dienone is 1. The van der Waals surface area contributed by atoms with Crippen molar-refractivity contribution in [1.82, 2.24) is 9.80 Å². The van der Waals surface area contributed by atoms with Gasteiger partial charge in [0, 0.05) is 32.7 Å². The Balaban J connectivity index is 1.37. The molecule has 0 spiro atoms. The van der Waals surface area contributed by atoms with Gasteiger partial charge in [-0.2, -0.15) is 0 Å². The zero-order chi connectivity index (χ0) is 22.1. The Labute approximate surface area is 188 Å². The summed E-state index contributed by atoms with van der Waals surface area (Å²) in [6.45, 7) is 8.56. The van der Waals surface area contributed by atoms with Crippen LogP contribution in [0.4, 0.5) is 0 Å². The molecule has 0 saturated carbocycles. The summed E-state index contributed by atoms with van der Waals surface area (Å²) in [5.74, 6) is 2.42. The van der Waals surface area contributed by atoms with E-state index < -0.39 is 0 Å². The van der Waals surface area contributed by atoms with Crippen molar-refractivity contribution in [3.8, 4) is 17.2 Å². The van der Waals surface area contributed by atoms with Crippen molar-refractivity contribution in [1.29, 1.82) is 0 Å². The van der Waals surface area contributed by atoms with E-state index >= 15 is 0 Å². The quantitative estimate of drug-likeness (QED) is 0.668. The molecule has 0 N–H and O–H groups in total. The molecule has 0 amide bonds. The van der Waals surface area contributed by atoms with Crippen LogP contribution in [0.15, 0.2) is 36.1 Å². The number of carbonyl (C=O) groups excluding carboxylic acids is 1. The second-order valence-electron chi connectivity index (χ2n) is 8.37. The van der Waals surface area contributed by atoms with Gasteiger partial charge in [-0.15, -0.1) is 0 Å². The molecule has 3 aliphatic rings. The van der Waals surface area contributed by atoms with Crippen molar-refractivity contribution in [3.63, 3.8) is 0 Å². The smallest absolute Gasteiger partial charge is 0.232 e. The first kappa shape index (κ1) is 21.0. The Hall–Kier alpha value is -2.87. The van der Waals surface area contributed by atoms with Crippen molar-refractivity contribution in [2.75, 3.05) is 53.2 Å². The first-order chi connectivity index (χ1) is 15.6. The maximum Gasteiger partial charge on any atom is 0.232 e. The lowest BCUT2D eigenvalue weighted by atomic mass is 9.98. The molecular formula is C25H28N2O5. The lowest BCUT2D eigenvalue weighted by Gasteiger charge is -2.33. The number of methoxy groups -OCH3 is 1. The summed E-state index contributed by atoms with van der Waals surface area (Å²) in [6, 6.07) is 9.53. The normalized spacial score (nSPS) is 19.9. The van der Waals surface area contributed by atoms with Crippen LogP contribution in [-0.2, 0) is 11.3 Å². The predicted octanol–water partition coefficient (Wildman–Crippen LogP) is 3.10. The first-order valence-corrected chi connectivity index (χ1v) is 11.0. The highest BCUT2D eigenvalue weighted by molar-refractivity contribution is 6.15. The summed E-state index contributed by atoms with van der Waals surface area (Å²) >= 11 is 0. The average Bonchev–Trinajstić information content (AvgIpc) is 3.15. The number of hydrogen-bond donors (Lipinski definition) is 0. The number of nitrogens with zero attached hydrogens (tertiary/aromatic N) is 2. The Morgan fingerprint density at radius 2 is 1.94 bits per heavy atom. The monoisotopic (exact) mass is 436 g/mol. The maximum atomic E-state index is 13.2. The molecular weight excluding hydrogens is 408 g/mol. The summed E-state index contributed by atoms with van der Waals surface area (Å²) in [4.78, 5) is 17.8. The number of rotatable bonds is 5. The molecule has 3 heterocycles. The third-order valence-corrected chi connectivity index (χ3v) is 6.22. The van der Waals surface area contributed by atoms with E-state index in [9.17, 15) is 4.79 Å². The molecule has 32 heavy (non-hydrogen) atoms. The van der Waals surface area contributed by atoms with Crippen LogP contribution < -0.4 is 14.2 Å². The van der Waals surface area contributed by atoms with Crippen LogP contribution in [0.3, 0.4) is 0 Å². The molecule has 2 aromatic carbocycles. The molecule has 0 aromatic heterocycles. The van der Waals surface area contributed by atoms with Gasteiger partial charge >= 0.3 is 0 Å². The number of hydrogen-bond acceptors (Lipinski definition) is 7. The second kappa shape index (κ2) is 8.94. The van der Waals surface area contributed by atoms with Crippen LogP contribution in [0, 0.1) is 6.92 Å². The summed E-state index contributed by atoms with van der Waals surface area (Å²) in [7, 11) is 1.62. The largest absolute Gasteiger partial charge is 0.497 e. The van der Waals surface area contributed by atoms with Crippen molar-refractivity contribution in [3.05, 3.63) is 58.3 Å². The van der Waals surface area contributed by atoms with Crippen LogP contribution in [0.1, 0.15) is 27.0 Å². The van der Waals surface area contributed by atoms with Gasteiger partial charge in [-0.1, -0.05) is 12.1 Å². The van der Waals surface area contributed by atoms with E-state index in [1.54, 1.807) is 13.2 Å². The fraction of sp³-hybridized carbons (Fsp3) is 0.400. The van der Waals surface area contributed by atoms with E-state index in [0.29, 0.717) is 30.3 Å². The maximum absolute atomic E-state index is 13.2. The van der Waals surface area contributed by atoms with Crippen molar-refractivity contribution in [2.45, 2.75) is 13.5 Å². The van der Waals surface area contributed by atoms with E-state index in [-0.39, 0.29) is 5.78 Å². The standard InChI is InChI=1S/C25H28N2O5/c1-17-12-21-20(15-27(16-31-21)7-6-26-8-10-30-11-9-26)25-23(17)24(28)22(32-25)14-18-4-3-5-19(13-18)29-2/h3-5,12-14H,6-11,15-16H2,1-2H3/b22-14-. The minimum absolute atomic E-state index is 0.0893. The fourth-order valence-corrected chi connectivity index (χ4v) is 4.41. The lowest BCUT2D eigenvalue weighted by Crippen LogP contribution is -2.43. The minimum atomic E-state index is -0.0893. The molecule has 0 atom stereocenters. The molecule has 0 radical (unpaired) electrons. The zero-order valence-electron chi connectivity index (χ0n) is 18.6. The highest BCUT2D eigenvalue weighted by Gasteiger charge is 2.35. The summed E-state index contributed by atoms with van der Waals surface area (Å²) in [5, 5.41) is 0. The number of fused-ring (bicyclic) bond motifs is 3. The SMILES string of the molecule is COc1cccc(/C=C2\Oc3c4c(cc(C)c3C2=O)OCN(CCN2CCOCC2)C4)c1. The van der Waals surface area contributed by atoms with Gasteiger partial charge in [-0.05, 0) is 42.3 Å². The molecule has 5 rings (SSSR count). The van der Waals surface area contributed by atoms with Gasteiger partial charge in [0.25, 0.3) is 0 Å². The minimum Gasteiger partial charge on any atom is -0.497 e. The predicted molar refractivity (Wildman–Crippen MR) is 120 cm³/mol. The average molecular weight is 437 g/mol. The van der Waals surface area contributed by atoms with Gasteiger partial charge < -0.3 is 18.9 Å². The highest BCUT2D eigenvalue weighted by atomic mass is 16.5. The molecule has 0 aliphatic carbocycles. The van der Waals surface area contributed by atoms with Crippen molar-refractivity contribution >= 4 is 11.9 Å². The molecule has 7 heteroatoms. The number of ether oxygens (including phenoxy) is 4. The van der Waals surface area contributed by atoms with Gasteiger partial charge in [0.2, 0.25) is 5.78 Å². The van der Waals surface area contributed by atoms with E-state index in [4.69, 9.17) is 18.9 Å². The van der Waals surface area contributed by atoms with Gasteiger partial charge in [0.15, 0.2) is 5.76 Å². The summed E-state index contributed by atoms with van der Waals surface area (Å²) in [6.07, 6.45) is 1.77. The molecule has 0 bridgehead atoms. The number of Topliss-reactive ketones (excluding diaryl/α,β-unsaturated/α-hetero) is 1. The number of ketones is 1. The van der Waals surface area contributed by atoms with Gasteiger partial charge in [0.1, 0.15) is 24.0 Å². The van der Waals surface area contributed by atoms with Crippen LogP contribution in [0.2, 0.25) is 0 Å².